The van der Waals surface area contributed by atoms with Crippen LogP contribution in [-0.4, -0.2) is 29.6 Å². The summed E-state index contributed by atoms with van der Waals surface area (Å²) < 4.78 is 5.58. The largest absolute Gasteiger partial charge is 0.508 e. The molecule has 0 saturated carbocycles. The van der Waals surface area contributed by atoms with Gasteiger partial charge in [-0.2, -0.15) is 0 Å². The molecule has 2 aromatic rings. The van der Waals surface area contributed by atoms with Gasteiger partial charge in [0.2, 0.25) is 0 Å². The van der Waals surface area contributed by atoms with Crippen LogP contribution in [0.25, 0.3) is 0 Å². The molecule has 0 aliphatic heterocycles. The van der Waals surface area contributed by atoms with E-state index in [1.165, 1.54) is 0 Å². The lowest BCUT2D eigenvalue weighted by molar-refractivity contribution is 0.188. The molecule has 0 aliphatic carbocycles. The summed E-state index contributed by atoms with van der Waals surface area (Å²) in [6.45, 7) is 7.83. The van der Waals surface area contributed by atoms with E-state index in [1.807, 2.05) is 24.3 Å². The minimum atomic E-state index is 0.229. The zero-order valence-electron chi connectivity index (χ0n) is 12.7. The quantitative estimate of drug-likeness (QED) is 0.783. The van der Waals surface area contributed by atoms with Gasteiger partial charge in [-0.05, 0) is 42.9 Å². The van der Waals surface area contributed by atoms with Crippen molar-refractivity contribution >= 4 is 0 Å². The molecule has 0 fully saturated rings. The zero-order valence-corrected chi connectivity index (χ0v) is 12.7. The Labute approximate surface area is 126 Å². The van der Waals surface area contributed by atoms with Gasteiger partial charge in [-0.3, -0.25) is 4.90 Å². The minimum Gasteiger partial charge on any atom is -0.508 e. The number of phenols is 1. The Kier molecular flexibility index (Phi) is 5.84. The molecule has 0 aliphatic rings. The average molecular weight is 288 g/mol. The van der Waals surface area contributed by atoms with Crippen LogP contribution < -0.4 is 5.32 Å². The molecule has 1 atom stereocenters. The average Bonchev–Trinajstić information content (AvgIpc) is 3.01. The molecule has 21 heavy (non-hydrogen) atoms. The third kappa shape index (κ3) is 4.34. The van der Waals surface area contributed by atoms with E-state index in [-0.39, 0.29) is 6.04 Å². The molecule has 0 bridgehead atoms. The Balaban J connectivity index is 1.96. The highest BCUT2D eigenvalue weighted by molar-refractivity contribution is 5.26. The van der Waals surface area contributed by atoms with Crippen LogP contribution in [0.3, 0.4) is 0 Å². The Morgan fingerprint density at radius 1 is 1.19 bits per heavy atom. The number of hydrogen-bond donors (Lipinski definition) is 2. The van der Waals surface area contributed by atoms with E-state index in [9.17, 15) is 5.11 Å². The van der Waals surface area contributed by atoms with Gasteiger partial charge in [-0.25, -0.2) is 0 Å². The van der Waals surface area contributed by atoms with Crippen LogP contribution in [0, 0.1) is 0 Å². The van der Waals surface area contributed by atoms with Gasteiger partial charge in [0.25, 0.3) is 0 Å². The second-order valence-electron chi connectivity index (χ2n) is 5.05. The highest BCUT2D eigenvalue weighted by atomic mass is 16.3. The van der Waals surface area contributed by atoms with Crippen molar-refractivity contribution in [2.24, 2.45) is 0 Å². The van der Waals surface area contributed by atoms with Crippen LogP contribution in [0.5, 0.6) is 5.75 Å². The summed E-state index contributed by atoms with van der Waals surface area (Å²) >= 11 is 0. The molecule has 4 heteroatoms. The summed E-state index contributed by atoms with van der Waals surface area (Å²) in [5.74, 6) is 1.29. The number of nitrogens with one attached hydrogen (secondary N) is 1. The number of benzene rings is 1. The van der Waals surface area contributed by atoms with Crippen molar-refractivity contribution in [3.8, 4) is 5.75 Å². The summed E-state index contributed by atoms with van der Waals surface area (Å²) in [6, 6.07) is 11.5. The van der Waals surface area contributed by atoms with Crippen LogP contribution in [-0.2, 0) is 6.54 Å². The van der Waals surface area contributed by atoms with Crippen molar-refractivity contribution in [1.82, 2.24) is 10.2 Å². The summed E-state index contributed by atoms with van der Waals surface area (Å²) in [6.07, 6.45) is 1.72. The topological polar surface area (TPSA) is 48.6 Å². The van der Waals surface area contributed by atoms with Crippen LogP contribution in [0.2, 0.25) is 0 Å². The summed E-state index contributed by atoms with van der Waals surface area (Å²) in [5.41, 5.74) is 1.08. The van der Waals surface area contributed by atoms with Gasteiger partial charge in [0, 0.05) is 13.1 Å². The van der Waals surface area contributed by atoms with E-state index in [0.29, 0.717) is 5.75 Å². The monoisotopic (exact) mass is 288 g/mol. The first-order chi connectivity index (χ1) is 10.2. The van der Waals surface area contributed by atoms with Crippen molar-refractivity contribution in [2.45, 2.75) is 26.4 Å². The van der Waals surface area contributed by atoms with Gasteiger partial charge in [0.1, 0.15) is 11.5 Å². The van der Waals surface area contributed by atoms with E-state index in [0.717, 1.165) is 37.5 Å². The number of rotatable bonds is 8. The van der Waals surface area contributed by atoms with Crippen molar-refractivity contribution in [2.75, 3.05) is 19.6 Å². The molecule has 1 aromatic heterocycles. The first-order valence-electron chi connectivity index (χ1n) is 7.50. The number of aromatic hydroxyl groups is 1. The maximum Gasteiger partial charge on any atom is 0.122 e. The predicted molar refractivity (Wildman–Crippen MR) is 84.2 cm³/mol. The molecule has 0 spiro atoms. The lowest BCUT2D eigenvalue weighted by Gasteiger charge is -2.28. The molecule has 1 unspecified atom stereocenters. The van der Waals surface area contributed by atoms with Gasteiger partial charge >= 0.3 is 0 Å². The van der Waals surface area contributed by atoms with Crippen molar-refractivity contribution in [3.63, 3.8) is 0 Å². The Bertz CT molecular complexity index is 521. The molecular formula is C17H24N2O2. The molecule has 4 nitrogen and oxygen atoms in total. The highest BCUT2D eigenvalue weighted by Gasteiger charge is 2.19. The van der Waals surface area contributed by atoms with Crippen LogP contribution >= 0.6 is 0 Å². The first kappa shape index (κ1) is 15.6. The third-order valence-electron chi connectivity index (χ3n) is 3.70. The molecular weight excluding hydrogens is 264 g/mol. The fourth-order valence-corrected chi connectivity index (χ4v) is 2.57. The Morgan fingerprint density at radius 3 is 2.62 bits per heavy atom. The van der Waals surface area contributed by atoms with Crippen molar-refractivity contribution in [3.05, 3.63) is 54.0 Å². The molecule has 114 valence electrons. The molecule has 1 aromatic carbocycles. The summed E-state index contributed by atoms with van der Waals surface area (Å²) in [5, 5.41) is 12.9. The lowest BCUT2D eigenvalue weighted by atomic mass is 10.1. The number of furan rings is 1. The first-order valence-corrected chi connectivity index (χ1v) is 7.50. The van der Waals surface area contributed by atoms with Gasteiger partial charge < -0.3 is 14.8 Å². The Morgan fingerprint density at radius 2 is 2.00 bits per heavy atom. The number of phenolic OH excluding ortho intramolecular Hbond substituents is 1. The standard InChI is InChI=1S/C17H24N2O2/c1-3-19(4-2)16(17-9-6-10-21-17)13-18-12-14-7-5-8-15(20)11-14/h5-11,16,18,20H,3-4,12-13H2,1-2H3. The SMILES string of the molecule is CCN(CC)C(CNCc1cccc(O)c1)c1ccco1. The summed E-state index contributed by atoms with van der Waals surface area (Å²) in [4.78, 5) is 2.37. The molecule has 2 N–H and O–H groups in total. The van der Waals surface area contributed by atoms with Crippen LogP contribution in [0.4, 0.5) is 0 Å². The number of likely N-dealkylation sites (N-methyl/N-ethyl adjacent to an activating group) is 1. The van der Waals surface area contributed by atoms with E-state index in [1.54, 1.807) is 18.4 Å². The maximum absolute atomic E-state index is 9.49. The summed E-state index contributed by atoms with van der Waals surface area (Å²) in [7, 11) is 0. The second kappa shape index (κ2) is 7.86. The van der Waals surface area contributed by atoms with E-state index in [4.69, 9.17) is 4.42 Å². The van der Waals surface area contributed by atoms with E-state index in [2.05, 4.69) is 24.1 Å². The predicted octanol–water partition coefficient (Wildman–Crippen LogP) is 3.16. The smallest absolute Gasteiger partial charge is 0.122 e. The fourth-order valence-electron chi connectivity index (χ4n) is 2.57. The van der Waals surface area contributed by atoms with Crippen LogP contribution in [0.15, 0.2) is 47.1 Å². The minimum absolute atomic E-state index is 0.229. The molecule has 1 heterocycles. The van der Waals surface area contributed by atoms with Gasteiger partial charge in [0.05, 0.1) is 12.3 Å². The number of nitrogens with zero attached hydrogens (tertiary/aromatic N) is 1. The molecule has 0 radical (unpaired) electrons. The molecule has 0 saturated heterocycles. The van der Waals surface area contributed by atoms with Gasteiger partial charge in [0.15, 0.2) is 0 Å². The molecule has 0 amide bonds. The van der Waals surface area contributed by atoms with Gasteiger partial charge in [-0.1, -0.05) is 26.0 Å². The highest BCUT2D eigenvalue weighted by Crippen LogP contribution is 2.20. The van der Waals surface area contributed by atoms with Gasteiger partial charge in [-0.15, -0.1) is 0 Å². The van der Waals surface area contributed by atoms with Crippen LogP contribution in [0.1, 0.15) is 31.2 Å². The van der Waals surface area contributed by atoms with Crippen molar-refractivity contribution in [1.29, 1.82) is 0 Å². The fraction of sp³-hybridized carbons (Fsp3) is 0.412. The maximum atomic E-state index is 9.49. The third-order valence-corrected chi connectivity index (χ3v) is 3.70. The van der Waals surface area contributed by atoms with E-state index < -0.39 is 0 Å². The zero-order chi connectivity index (χ0) is 15.1. The van der Waals surface area contributed by atoms with E-state index >= 15 is 0 Å². The Hall–Kier alpha value is -1.78. The lowest BCUT2D eigenvalue weighted by Crippen LogP contribution is -2.35. The molecule has 2 rings (SSSR count). The van der Waals surface area contributed by atoms with Crippen molar-refractivity contribution < 1.29 is 9.52 Å². The normalized spacial score (nSPS) is 12.7. The number of hydrogen-bond acceptors (Lipinski definition) is 4. The second-order valence-corrected chi connectivity index (χ2v) is 5.05.